The third-order valence-electron chi connectivity index (χ3n) is 24.1. The van der Waals surface area contributed by atoms with Gasteiger partial charge in [0.25, 0.3) is 0 Å². The van der Waals surface area contributed by atoms with Crippen LogP contribution in [0.4, 0.5) is 0 Å². The topological polar surface area (TPSA) is 585 Å². The van der Waals surface area contributed by atoms with E-state index in [-0.39, 0.29) is 264 Å². The van der Waals surface area contributed by atoms with E-state index < -0.39 is 70.7 Å². The minimum absolute atomic E-state index is 0.0000999. The zero-order chi connectivity index (χ0) is 108. The number of nitrogens with one attached hydrogen (secondary N) is 6. The Morgan fingerprint density at radius 2 is 0.823 bits per heavy atom. The number of Topliss-reactive ketones (excluding diaryl/α,β-unsaturated/α-hetero) is 8. The van der Waals surface area contributed by atoms with Crippen LogP contribution in [0.25, 0.3) is 0 Å². The number of carbonyl (C=O) groups is 18. The SMILES string of the molecule is CCCNC(=O)COCCOCCCC(=O)COCCOCCNC(=O)CC[C@H](CC(=O)CCCCCCCCCOc1ccc(C(=O)O)cc1)C(=O)O.CCC[C@H](NCC(=O)[C@H](CCC(=O)O)CC(=O)C(C)(C)C(=O)CCCC1=CN=CC1)C(=O)CC[C@@H](CCCCNC(=O)COCCOCCNC(=O)COCCOCCCC(=O)CC[C@H](NC(=O)CCCCCCCCCOc1ccc(C(=O)O)cc1)C(=O)O)C(C)=O. The summed E-state index contributed by atoms with van der Waals surface area (Å²) in [6.07, 6.45) is 23.8. The normalized spacial score (nSPS) is 12.6. The molecule has 1 aliphatic rings. The van der Waals surface area contributed by atoms with Crippen LogP contribution in [0, 0.1) is 23.2 Å². The molecule has 11 N–H and O–H groups in total. The molecule has 0 saturated carbocycles. The number of benzene rings is 2. The van der Waals surface area contributed by atoms with E-state index in [1.165, 1.54) is 45.0 Å². The molecule has 0 aliphatic carbocycles. The molecule has 1 heterocycles. The molecule has 2 aromatic carbocycles. The maximum Gasteiger partial charge on any atom is 0.335 e. The highest BCUT2D eigenvalue weighted by molar-refractivity contribution is 6.07. The Kier molecular flexibility index (Phi) is 76.5. The molecule has 147 heavy (non-hydrogen) atoms. The number of allylic oxidation sites excluding steroid dienone is 1. The summed E-state index contributed by atoms with van der Waals surface area (Å²) in [5.74, 6) is -9.48. The van der Waals surface area contributed by atoms with Crippen LogP contribution in [-0.2, 0) is 115 Å². The van der Waals surface area contributed by atoms with Crippen LogP contribution in [0.3, 0.4) is 0 Å². The number of unbranched alkanes of at least 4 members (excludes halogenated alkanes) is 13. The van der Waals surface area contributed by atoms with Crippen molar-refractivity contribution in [2.45, 2.75) is 304 Å². The van der Waals surface area contributed by atoms with Gasteiger partial charge in [-0.2, -0.15) is 0 Å². The Morgan fingerprint density at radius 3 is 1.32 bits per heavy atom. The van der Waals surface area contributed by atoms with Crippen molar-refractivity contribution in [3.63, 3.8) is 0 Å². The number of carboxylic acids is 5. The molecule has 0 unspecified atom stereocenters. The van der Waals surface area contributed by atoms with Crippen molar-refractivity contribution in [2.24, 2.45) is 28.2 Å². The fourth-order valence-corrected chi connectivity index (χ4v) is 15.2. The second-order valence-corrected chi connectivity index (χ2v) is 36.9. The molecule has 828 valence electrons. The number of rotatable bonds is 98. The lowest BCUT2D eigenvalue weighted by atomic mass is 9.76. The van der Waals surface area contributed by atoms with Crippen molar-refractivity contribution in [3.8, 4) is 11.5 Å². The molecule has 0 bridgehead atoms. The van der Waals surface area contributed by atoms with Gasteiger partial charge in [-0.15, -0.1) is 0 Å². The molecule has 40 heteroatoms. The van der Waals surface area contributed by atoms with Gasteiger partial charge < -0.3 is 105 Å². The lowest BCUT2D eigenvalue weighted by Crippen LogP contribution is -2.42. The minimum atomic E-state index is -1.36. The van der Waals surface area contributed by atoms with E-state index in [0.717, 1.165) is 95.5 Å². The molecule has 3 rings (SSSR count). The Morgan fingerprint density at radius 1 is 0.354 bits per heavy atom. The minimum Gasteiger partial charge on any atom is -0.494 e. The Hall–Kier alpha value is -10.9. The number of ether oxygens (including phenoxy) is 10. The Bertz CT molecular complexity index is 4260. The van der Waals surface area contributed by atoms with Crippen molar-refractivity contribution in [2.75, 3.05) is 152 Å². The standard InChI is InChI=1S/C68H105N5O20.C39H62N2O13/c1-5-17-56(72-46-59(77)53(26-32-65(83)84)44-61(79)68(3,4)60(78)21-15-18-50-33-35-69-45-50)58(76)31-25-51(49(2)74)19-12-13-34-70-63(81)47-92-43-41-90-39-36-71-64(82)48-91-42-40-89-37-16-20-54(75)27-30-57(67(87)88)73-62(80)22-11-9-7-6-8-10-14-38-93-55-28-23-52(24-29-55)66(85)86;1-2-19-40-37(45)30-53-27-24-50-21-10-12-34(43)29-52-26-25-51-23-20-41-36(44)18-15-32(39(48)49)28-33(42)11-8-6-4-3-5-7-9-22-54-35-16-13-31(14-17-35)38(46)47/h23-24,28-29,35,45,51,53,56-57,72H,5-22,25-27,30-34,36-44,46-48H2,1-4H3,(H,70,81)(H,71,82)(H,73,80)(H,83,84)(H,85,86)(H,87,88);13-14,16-17,32H,2-12,15,18-30H2,1H3,(H,40,45)(H,41,44)(H,46,47)(H,48,49)/t51-,53-,56+,57+;32-/m11/s1. The number of aliphatic imine (C=N–C) groups is 1. The van der Waals surface area contributed by atoms with E-state index in [0.29, 0.717) is 148 Å². The summed E-state index contributed by atoms with van der Waals surface area (Å²) >= 11 is 0. The van der Waals surface area contributed by atoms with Crippen molar-refractivity contribution >= 4 is 112 Å². The maximum absolute atomic E-state index is 13.5. The maximum atomic E-state index is 13.5. The third-order valence-corrected chi connectivity index (χ3v) is 24.1. The van der Waals surface area contributed by atoms with Gasteiger partial charge in [-0.1, -0.05) is 90.9 Å². The Labute approximate surface area is 865 Å². The predicted molar refractivity (Wildman–Crippen MR) is 546 cm³/mol. The van der Waals surface area contributed by atoms with E-state index in [1.54, 1.807) is 36.7 Å². The highest BCUT2D eigenvalue weighted by Crippen LogP contribution is 2.29. The van der Waals surface area contributed by atoms with Crippen LogP contribution in [0.15, 0.2) is 65.3 Å². The van der Waals surface area contributed by atoms with Crippen LogP contribution in [0.5, 0.6) is 11.5 Å². The van der Waals surface area contributed by atoms with Crippen LogP contribution in [-0.4, -0.2) is 301 Å². The first-order valence-corrected chi connectivity index (χ1v) is 52.3. The number of nitrogens with zero attached hydrogens (tertiary/aromatic N) is 1. The molecule has 1 aliphatic heterocycles. The number of hydrogen-bond donors (Lipinski definition) is 11. The summed E-state index contributed by atoms with van der Waals surface area (Å²) in [5.41, 5.74) is 0.180. The number of aliphatic carboxylic acids is 3. The van der Waals surface area contributed by atoms with Gasteiger partial charge in [0.2, 0.25) is 29.5 Å². The third kappa shape index (κ3) is 70.7. The largest absolute Gasteiger partial charge is 0.494 e. The average molecular weight is 2080 g/mol. The summed E-state index contributed by atoms with van der Waals surface area (Å²) < 4.78 is 54.3. The van der Waals surface area contributed by atoms with E-state index in [9.17, 15) is 102 Å². The van der Waals surface area contributed by atoms with Gasteiger partial charge in [0.1, 0.15) is 84.5 Å². The van der Waals surface area contributed by atoms with Crippen molar-refractivity contribution in [1.29, 1.82) is 0 Å². The zero-order valence-electron chi connectivity index (χ0n) is 87.3. The molecule has 5 amide bonds. The highest BCUT2D eigenvalue weighted by Gasteiger charge is 2.38. The monoisotopic (exact) mass is 2080 g/mol. The number of hydrogen-bond acceptors (Lipinski definition) is 30. The first-order valence-electron chi connectivity index (χ1n) is 52.3. The highest BCUT2D eigenvalue weighted by atomic mass is 16.5. The van der Waals surface area contributed by atoms with E-state index in [4.69, 9.17) is 57.6 Å². The van der Waals surface area contributed by atoms with Crippen LogP contribution < -0.4 is 41.4 Å². The second kappa shape index (κ2) is 85.0. The molecule has 0 radical (unpaired) electrons. The van der Waals surface area contributed by atoms with E-state index in [2.05, 4.69) is 36.9 Å². The first kappa shape index (κ1) is 132. The molecule has 5 atom stereocenters. The quantitative estimate of drug-likeness (QED) is 0.0216. The van der Waals surface area contributed by atoms with Gasteiger partial charge in [0.15, 0.2) is 5.78 Å². The van der Waals surface area contributed by atoms with Gasteiger partial charge in [-0.05, 0) is 178 Å². The molecule has 2 aromatic rings. The second-order valence-electron chi connectivity index (χ2n) is 36.9. The van der Waals surface area contributed by atoms with Gasteiger partial charge in [0.05, 0.1) is 114 Å². The van der Waals surface area contributed by atoms with Crippen molar-refractivity contribution in [3.05, 3.63) is 71.4 Å². The molecular formula is C107H167N7O33. The zero-order valence-corrected chi connectivity index (χ0v) is 87.3. The van der Waals surface area contributed by atoms with Crippen molar-refractivity contribution in [1.82, 2.24) is 31.9 Å². The fourth-order valence-electron chi connectivity index (χ4n) is 15.2. The molecule has 0 fully saturated rings. The number of carbonyl (C=O) groups excluding carboxylic acids is 13. The summed E-state index contributed by atoms with van der Waals surface area (Å²) in [4.78, 5) is 224. The molecular weight excluding hydrogens is 1910 g/mol. The smallest absolute Gasteiger partial charge is 0.335 e. The summed E-state index contributed by atoms with van der Waals surface area (Å²) in [6, 6.07) is 10.8. The fraction of sp³-hybridized carbons (Fsp3) is 0.692. The molecule has 0 aromatic heterocycles. The lowest BCUT2D eigenvalue weighted by molar-refractivity contribution is -0.144. The van der Waals surface area contributed by atoms with Gasteiger partial charge in [0, 0.05) is 141 Å². The molecule has 40 nitrogen and oxygen atoms in total. The van der Waals surface area contributed by atoms with Crippen LogP contribution in [0.2, 0.25) is 0 Å². The van der Waals surface area contributed by atoms with Crippen LogP contribution >= 0.6 is 0 Å². The number of aromatic carboxylic acids is 2. The summed E-state index contributed by atoms with van der Waals surface area (Å²) in [5, 5.41) is 62.8. The van der Waals surface area contributed by atoms with Gasteiger partial charge >= 0.3 is 29.8 Å². The lowest BCUT2D eigenvalue weighted by Gasteiger charge is -2.25. The van der Waals surface area contributed by atoms with Gasteiger partial charge in [-0.25, -0.2) is 14.4 Å². The number of amides is 5. The van der Waals surface area contributed by atoms with E-state index in [1.807, 2.05) is 13.8 Å². The predicted octanol–water partition coefficient (Wildman–Crippen LogP) is 11.9. The van der Waals surface area contributed by atoms with Gasteiger partial charge in [-0.3, -0.25) is 76.9 Å². The summed E-state index contributed by atoms with van der Waals surface area (Å²) in [7, 11) is 0. The van der Waals surface area contributed by atoms with E-state index >= 15 is 0 Å². The molecule has 0 saturated heterocycles. The van der Waals surface area contributed by atoms with Crippen molar-refractivity contribution < 1.29 is 159 Å². The van der Waals surface area contributed by atoms with Crippen LogP contribution in [0.1, 0.15) is 312 Å². The first-order chi connectivity index (χ1) is 70.6. The summed E-state index contributed by atoms with van der Waals surface area (Å²) in [6.45, 7) is 13.2. The molecule has 0 spiro atoms. The number of carboxylic acid groups (broad SMARTS) is 5. The average Bonchev–Trinajstić information content (AvgIpc) is 0.901. The number of ketones is 8. The Balaban J connectivity index is 0.00000115.